The fourth-order valence-corrected chi connectivity index (χ4v) is 5.48. The van der Waals surface area contributed by atoms with Crippen LogP contribution in [0.2, 0.25) is 0 Å². The molecular formula is C23H23F6N3O4. The molecule has 7 nitrogen and oxygen atoms in total. The SMILES string of the molecule is O=C(COC1CC(OC(F)(F)F)C1)NC12CC(n3cnc(-c4ccc(C(F)(F)F)cc4CO)c3)(C1)C2. The van der Waals surface area contributed by atoms with Crippen molar-refractivity contribution in [3.8, 4) is 11.3 Å². The topological polar surface area (TPSA) is 85.6 Å². The van der Waals surface area contributed by atoms with Crippen LogP contribution in [0.3, 0.4) is 0 Å². The predicted molar refractivity (Wildman–Crippen MR) is 111 cm³/mol. The first-order valence-corrected chi connectivity index (χ1v) is 11.3. The van der Waals surface area contributed by atoms with Crippen LogP contribution in [0.15, 0.2) is 30.7 Å². The number of carbonyl (C=O) groups is 1. The molecular weight excluding hydrogens is 496 g/mol. The maximum atomic E-state index is 13.0. The van der Waals surface area contributed by atoms with E-state index in [-0.39, 0.29) is 42.0 Å². The third kappa shape index (κ3) is 4.71. The van der Waals surface area contributed by atoms with Gasteiger partial charge >= 0.3 is 12.5 Å². The lowest BCUT2D eigenvalue weighted by Gasteiger charge is -2.70. The number of ether oxygens (including phenoxy) is 2. The normalized spacial score (nSPS) is 29.2. The average Bonchev–Trinajstić information content (AvgIpc) is 3.18. The molecule has 0 radical (unpaired) electrons. The highest BCUT2D eigenvalue weighted by Crippen LogP contribution is 2.65. The number of amides is 1. The molecule has 0 saturated heterocycles. The summed E-state index contributed by atoms with van der Waals surface area (Å²) in [6, 6.07) is 3.16. The Morgan fingerprint density at radius 1 is 1.14 bits per heavy atom. The predicted octanol–water partition coefficient (Wildman–Crippen LogP) is 3.89. The van der Waals surface area contributed by atoms with Gasteiger partial charge in [0.2, 0.25) is 5.91 Å². The van der Waals surface area contributed by atoms with Gasteiger partial charge in [0.1, 0.15) is 6.61 Å². The van der Waals surface area contributed by atoms with Crippen molar-refractivity contribution in [1.82, 2.24) is 14.9 Å². The molecule has 4 aliphatic carbocycles. The van der Waals surface area contributed by atoms with Crippen LogP contribution >= 0.6 is 0 Å². The molecule has 2 N–H and O–H groups in total. The number of halogens is 6. The summed E-state index contributed by atoms with van der Waals surface area (Å²) in [5.74, 6) is -0.341. The van der Waals surface area contributed by atoms with Crippen LogP contribution in [-0.2, 0) is 32.6 Å². The van der Waals surface area contributed by atoms with Crippen LogP contribution in [0.5, 0.6) is 0 Å². The molecule has 4 aliphatic rings. The molecule has 2 bridgehead atoms. The number of rotatable bonds is 8. The highest BCUT2D eigenvalue weighted by atomic mass is 19.4. The number of aliphatic hydroxyl groups is 1. The van der Waals surface area contributed by atoms with Crippen LogP contribution < -0.4 is 5.32 Å². The van der Waals surface area contributed by atoms with Gasteiger partial charge in [-0.25, -0.2) is 4.98 Å². The number of aliphatic hydroxyl groups excluding tert-OH is 1. The first kappa shape index (κ1) is 25.0. The third-order valence-corrected chi connectivity index (χ3v) is 7.22. The van der Waals surface area contributed by atoms with Crippen LogP contribution in [0.1, 0.15) is 43.2 Å². The van der Waals surface area contributed by atoms with Gasteiger partial charge in [0.25, 0.3) is 0 Å². The van der Waals surface area contributed by atoms with Crippen molar-refractivity contribution >= 4 is 5.91 Å². The number of carbonyl (C=O) groups excluding carboxylic acids is 1. The van der Waals surface area contributed by atoms with E-state index in [1.807, 2.05) is 4.57 Å². The van der Waals surface area contributed by atoms with Crippen LogP contribution in [0, 0.1) is 0 Å². The van der Waals surface area contributed by atoms with E-state index < -0.39 is 36.9 Å². The van der Waals surface area contributed by atoms with E-state index >= 15 is 0 Å². The third-order valence-electron chi connectivity index (χ3n) is 7.22. The van der Waals surface area contributed by atoms with Crippen molar-refractivity contribution in [3.63, 3.8) is 0 Å². The quantitative estimate of drug-likeness (QED) is 0.517. The summed E-state index contributed by atoms with van der Waals surface area (Å²) in [6.07, 6.45) is -5.15. The minimum absolute atomic E-state index is 0.0843. The molecule has 0 unspecified atom stereocenters. The molecule has 1 aromatic heterocycles. The Morgan fingerprint density at radius 3 is 2.44 bits per heavy atom. The van der Waals surface area contributed by atoms with E-state index in [2.05, 4.69) is 15.0 Å². The number of aromatic nitrogens is 2. The summed E-state index contributed by atoms with van der Waals surface area (Å²) in [7, 11) is 0. The van der Waals surface area contributed by atoms with E-state index in [9.17, 15) is 36.2 Å². The largest absolute Gasteiger partial charge is 0.522 e. The summed E-state index contributed by atoms with van der Waals surface area (Å²) < 4.78 is 86.5. The van der Waals surface area contributed by atoms with Crippen molar-refractivity contribution in [2.75, 3.05) is 6.61 Å². The Morgan fingerprint density at radius 2 is 1.83 bits per heavy atom. The Labute approximate surface area is 201 Å². The van der Waals surface area contributed by atoms with Crippen LogP contribution in [0.25, 0.3) is 11.3 Å². The zero-order valence-electron chi connectivity index (χ0n) is 18.8. The highest BCUT2D eigenvalue weighted by Gasteiger charge is 2.69. The monoisotopic (exact) mass is 519 g/mol. The Kier molecular flexibility index (Phi) is 5.88. The van der Waals surface area contributed by atoms with E-state index in [1.165, 1.54) is 6.07 Å². The molecule has 13 heteroatoms. The van der Waals surface area contributed by atoms with Crippen molar-refractivity contribution in [2.45, 2.75) is 74.5 Å². The summed E-state index contributed by atoms with van der Waals surface area (Å²) in [6.45, 7) is -0.809. The minimum Gasteiger partial charge on any atom is -0.392 e. The van der Waals surface area contributed by atoms with Crippen molar-refractivity contribution in [3.05, 3.63) is 41.9 Å². The molecule has 0 aliphatic heterocycles. The highest BCUT2D eigenvalue weighted by molar-refractivity contribution is 5.79. The molecule has 196 valence electrons. The van der Waals surface area contributed by atoms with E-state index in [1.54, 1.807) is 12.5 Å². The van der Waals surface area contributed by atoms with Crippen LogP contribution in [0.4, 0.5) is 26.3 Å². The zero-order valence-corrected chi connectivity index (χ0v) is 18.8. The second-order valence-corrected chi connectivity index (χ2v) is 9.87. The number of hydrogen-bond donors (Lipinski definition) is 2. The Balaban J connectivity index is 1.12. The number of nitrogens with one attached hydrogen (secondary N) is 1. The van der Waals surface area contributed by atoms with Crippen LogP contribution in [-0.4, -0.2) is 51.3 Å². The molecule has 1 heterocycles. The van der Waals surface area contributed by atoms with Gasteiger partial charge in [-0.2, -0.15) is 13.2 Å². The number of imidazole rings is 1. The van der Waals surface area contributed by atoms with Gasteiger partial charge in [0.15, 0.2) is 0 Å². The van der Waals surface area contributed by atoms with Gasteiger partial charge in [-0.15, -0.1) is 13.2 Å². The van der Waals surface area contributed by atoms with Gasteiger partial charge in [-0.3, -0.25) is 9.53 Å². The maximum Gasteiger partial charge on any atom is 0.522 e. The van der Waals surface area contributed by atoms with Crippen molar-refractivity contribution in [1.29, 1.82) is 0 Å². The lowest BCUT2D eigenvalue weighted by Crippen LogP contribution is -2.78. The van der Waals surface area contributed by atoms with Gasteiger partial charge in [-0.05, 0) is 37.0 Å². The number of nitrogens with zero attached hydrogens (tertiary/aromatic N) is 2. The molecule has 0 spiro atoms. The summed E-state index contributed by atoms with van der Waals surface area (Å²) >= 11 is 0. The van der Waals surface area contributed by atoms with Gasteiger partial charge in [0, 0.05) is 30.1 Å². The molecule has 1 aromatic carbocycles. The Hall–Kier alpha value is -2.64. The zero-order chi connectivity index (χ0) is 25.9. The second kappa shape index (κ2) is 8.45. The summed E-state index contributed by atoms with van der Waals surface area (Å²) in [5, 5.41) is 12.5. The molecule has 1 amide bonds. The molecule has 4 fully saturated rings. The fourth-order valence-electron chi connectivity index (χ4n) is 5.48. The van der Waals surface area contributed by atoms with Crippen molar-refractivity contribution in [2.24, 2.45) is 0 Å². The summed E-state index contributed by atoms with van der Waals surface area (Å²) in [4.78, 5) is 16.6. The summed E-state index contributed by atoms with van der Waals surface area (Å²) in [5.41, 5.74) is -0.494. The molecule has 4 saturated carbocycles. The maximum absolute atomic E-state index is 13.0. The first-order chi connectivity index (χ1) is 16.8. The van der Waals surface area contributed by atoms with Gasteiger partial charge in [-0.1, -0.05) is 6.07 Å². The second-order valence-electron chi connectivity index (χ2n) is 9.87. The Bertz CT molecular complexity index is 1140. The van der Waals surface area contributed by atoms with Gasteiger partial charge in [0.05, 0.1) is 41.9 Å². The molecule has 36 heavy (non-hydrogen) atoms. The molecule has 2 aromatic rings. The van der Waals surface area contributed by atoms with E-state index in [0.717, 1.165) is 12.1 Å². The number of hydrogen-bond acceptors (Lipinski definition) is 5. The van der Waals surface area contributed by atoms with Gasteiger partial charge < -0.3 is 19.7 Å². The molecule has 6 rings (SSSR count). The minimum atomic E-state index is -4.68. The number of benzene rings is 1. The first-order valence-electron chi connectivity index (χ1n) is 11.3. The average molecular weight is 519 g/mol. The molecule has 0 atom stereocenters. The van der Waals surface area contributed by atoms with Crippen molar-refractivity contribution < 1.29 is 45.7 Å². The lowest BCUT2D eigenvalue weighted by atomic mass is 9.44. The standard InChI is InChI=1S/C23H23F6N3O4/c24-22(25,26)14-1-2-17(13(3-14)7-33)18-6-32(12-30-18)21-9-20(10-21,11-21)31-19(34)8-35-15-4-16(5-15)36-23(27,28)29/h1-3,6,12,15-16,33H,4-5,7-11H2,(H,31,34). The van der Waals surface area contributed by atoms with E-state index in [0.29, 0.717) is 30.5 Å². The van der Waals surface area contributed by atoms with E-state index in [4.69, 9.17) is 4.74 Å². The number of alkyl halides is 6. The fraction of sp³-hybridized carbons (Fsp3) is 0.565. The lowest BCUT2D eigenvalue weighted by molar-refractivity contribution is -0.357. The smallest absolute Gasteiger partial charge is 0.392 e.